The van der Waals surface area contributed by atoms with E-state index in [0.717, 1.165) is 26.6 Å². The Balaban J connectivity index is 2.20. The lowest BCUT2D eigenvalue weighted by atomic mass is 10.1. The highest BCUT2D eigenvalue weighted by atomic mass is 79.9. The molecular weight excluding hydrogens is 266 g/mol. The summed E-state index contributed by atoms with van der Waals surface area (Å²) in [4.78, 5) is 11.5. The Morgan fingerprint density at radius 2 is 2.06 bits per heavy atom. The van der Waals surface area contributed by atoms with Gasteiger partial charge in [0.1, 0.15) is 0 Å². The van der Waals surface area contributed by atoms with Crippen LogP contribution in [-0.4, -0.2) is 15.0 Å². The second-order valence-corrected chi connectivity index (χ2v) is 4.44. The van der Waals surface area contributed by atoms with Crippen molar-refractivity contribution in [2.45, 2.75) is 0 Å². The van der Waals surface area contributed by atoms with E-state index in [1.807, 2.05) is 24.4 Å². The van der Waals surface area contributed by atoms with Crippen LogP contribution in [0.2, 0.25) is 0 Å². The molecule has 0 saturated heterocycles. The summed E-state index contributed by atoms with van der Waals surface area (Å²) in [5.74, 6) is 0. The predicted molar refractivity (Wildman–Crippen MR) is 67.0 cm³/mol. The lowest BCUT2D eigenvalue weighted by Crippen LogP contribution is -1.83. The maximum atomic E-state index is 4.42. The van der Waals surface area contributed by atoms with Crippen molar-refractivity contribution in [3.8, 4) is 11.3 Å². The van der Waals surface area contributed by atoms with Crippen LogP contribution in [0.15, 0.2) is 47.5 Å². The summed E-state index contributed by atoms with van der Waals surface area (Å²) in [7, 11) is 0. The molecule has 0 radical (unpaired) electrons. The van der Waals surface area contributed by atoms with Gasteiger partial charge in [-0.2, -0.15) is 0 Å². The molecule has 16 heavy (non-hydrogen) atoms. The standard InChI is InChI=1S/C12H8BrN3/c13-10-2-1-8-3-9(5-15-11(8)4-10)12-6-14-7-16-12/h1-7H,(H,14,16). The van der Waals surface area contributed by atoms with Crippen molar-refractivity contribution >= 4 is 26.8 Å². The van der Waals surface area contributed by atoms with E-state index < -0.39 is 0 Å². The van der Waals surface area contributed by atoms with Crippen LogP contribution >= 0.6 is 15.9 Å². The lowest BCUT2D eigenvalue weighted by molar-refractivity contribution is 1.31. The Kier molecular flexibility index (Phi) is 2.22. The van der Waals surface area contributed by atoms with Gasteiger partial charge in [0.05, 0.1) is 23.7 Å². The number of rotatable bonds is 1. The molecule has 1 N–H and O–H groups in total. The fraction of sp³-hybridized carbons (Fsp3) is 0. The first-order chi connectivity index (χ1) is 7.83. The highest BCUT2D eigenvalue weighted by molar-refractivity contribution is 9.10. The normalized spacial score (nSPS) is 10.8. The van der Waals surface area contributed by atoms with E-state index in [1.165, 1.54) is 0 Å². The van der Waals surface area contributed by atoms with Crippen molar-refractivity contribution in [2.24, 2.45) is 0 Å². The summed E-state index contributed by atoms with van der Waals surface area (Å²) in [6.45, 7) is 0. The van der Waals surface area contributed by atoms with Gasteiger partial charge in [-0.05, 0) is 18.2 Å². The SMILES string of the molecule is Brc1ccc2cc(-c3cnc[nH]3)cnc2c1. The zero-order valence-electron chi connectivity index (χ0n) is 8.31. The number of fused-ring (bicyclic) bond motifs is 1. The summed E-state index contributed by atoms with van der Waals surface area (Å²) >= 11 is 3.43. The van der Waals surface area contributed by atoms with Crippen molar-refractivity contribution in [1.29, 1.82) is 0 Å². The van der Waals surface area contributed by atoms with Crippen LogP contribution in [0, 0.1) is 0 Å². The fourth-order valence-electron chi connectivity index (χ4n) is 1.66. The molecule has 0 fully saturated rings. The maximum absolute atomic E-state index is 4.42. The van der Waals surface area contributed by atoms with Crippen molar-refractivity contribution in [3.05, 3.63) is 47.5 Å². The third kappa shape index (κ3) is 1.61. The third-order valence-corrected chi connectivity index (χ3v) is 2.95. The number of hydrogen-bond acceptors (Lipinski definition) is 2. The Morgan fingerprint density at radius 3 is 2.88 bits per heavy atom. The average Bonchev–Trinajstić information content (AvgIpc) is 2.82. The molecule has 0 aliphatic rings. The number of imidazole rings is 1. The molecule has 3 aromatic rings. The van der Waals surface area contributed by atoms with E-state index in [4.69, 9.17) is 0 Å². The molecule has 0 unspecified atom stereocenters. The average molecular weight is 274 g/mol. The van der Waals surface area contributed by atoms with Crippen molar-refractivity contribution in [2.75, 3.05) is 0 Å². The van der Waals surface area contributed by atoms with Gasteiger partial charge in [0.2, 0.25) is 0 Å². The molecule has 0 atom stereocenters. The fourth-order valence-corrected chi connectivity index (χ4v) is 2.00. The van der Waals surface area contributed by atoms with Crippen LogP contribution in [0.4, 0.5) is 0 Å². The zero-order valence-corrected chi connectivity index (χ0v) is 9.90. The molecule has 78 valence electrons. The number of aromatic nitrogens is 3. The first-order valence-corrected chi connectivity index (χ1v) is 5.66. The Morgan fingerprint density at radius 1 is 1.12 bits per heavy atom. The summed E-state index contributed by atoms with van der Waals surface area (Å²) in [6, 6.07) is 8.17. The summed E-state index contributed by atoms with van der Waals surface area (Å²) < 4.78 is 1.04. The van der Waals surface area contributed by atoms with E-state index in [1.54, 1.807) is 12.5 Å². The topological polar surface area (TPSA) is 41.6 Å². The molecule has 0 aliphatic heterocycles. The molecule has 4 heteroatoms. The number of hydrogen-bond donors (Lipinski definition) is 1. The lowest BCUT2D eigenvalue weighted by Gasteiger charge is -2.01. The van der Waals surface area contributed by atoms with E-state index >= 15 is 0 Å². The van der Waals surface area contributed by atoms with E-state index in [2.05, 4.69) is 36.9 Å². The molecule has 3 rings (SSSR count). The monoisotopic (exact) mass is 273 g/mol. The highest BCUT2D eigenvalue weighted by Gasteiger charge is 2.01. The highest BCUT2D eigenvalue weighted by Crippen LogP contribution is 2.22. The molecule has 2 aromatic heterocycles. The van der Waals surface area contributed by atoms with Gasteiger partial charge in [0.15, 0.2) is 0 Å². The summed E-state index contributed by atoms with van der Waals surface area (Å²) in [5.41, 5.74) is 3.02. The number of nitrogens with one attached hydrogen (secondary N) is 1. The second-order valence-electron chi connectivity index (χ2n) is 3.53. The largest absolute Gasteiger partial charge is 0.345 e. The minimum atomic E-state index is 0.984. The van der Waals surface area contributed by atoms with Crippen LogP contribution in [0.5, 0.6) is 0 Å². The molecule has 2 heterocycles. The van der Waals surface area contributed by atoms with E-state index in [9.17, 15) is 0 Å². The van der Waals surface area contributed by atoms with Crippen LogP contribution in [0.25, 0.3) is 22.2 Å². The number of benzene rings is 1. The van der Waals surface area contributed by atoms with Crippen molar-refractivity contribution < 1.29 is 0 Å². The van der Waals surface area contributed by atoms with Gasteiger partial charge in [-0.1, -0.05) is 22.0 Å². The zero-order chi connectivity index (χ0) is 11.0. The number of H-pyrrole nitrogens is 1. The van der Waals surface area contributed by atoms with Crippen LogP contribution < -0.4 is 0 Å². The van der Waals surface area contributed by atoms with Gasteiger partial charge in [-0.15, -0.1) is 0 Å². The van der Waals surface area contributed by atoms with Crippen LogP contribution in [0.1, 0.15) is 0 Å². The van der Waals surface area contributed by atoms with Gasteiger partial charge in [-0.25, -0.2) is 4.98 Å². The maximum Gasteiger partial charge on any atom is 0.0924 e. The van der Waals surface area contributed by atoms with Gasteiger partial charge >= 0.3 is 0 Å². The van der Waals surface area contributed by atoms with Crippen molar-refractivity contribution in [3.63, 3.8) is 0 Å². The molecule has 0 saturated carbocycles. The van der Waals surface area contributed by atoms with Gasteiger partial charge in [0.25, 0.3) is 0 Å². The smallest absolute Gasteiger partial charge is 0.0924 e. The minimum absolute atomic E-state index is 0.984. The molecule has 0 spiro atoms. The predicted octanol–water partition coefficient (Wildman–Crippen LogP) is 3.39. The summed E-state index contributed by atoms with van der Waals surface area (Å²) in [6.07, 6.45) is 5.31. The molecule has 0 amide bonds. The van der Waals surface area contributed by atoms with Gasteiger partial charge in [-0.3, -0.25) is 4.98 Å². The third-order valence-electron chi connectivity index (χ3n) is 2.46. The molecular formula is C12H8BrN3. The Labute approximate surface area is 101 Å². The number of pyridine rings is 1. The Hall–Kier alpha value is -1.68. The number of halogens is 1. The first-order valence-electron chi connectivity index (χ1n) is 4.87. The molecule has 0 bridgehead atoms. The summed E-state index contributed by atoms with van der Waals surface area (Å²) in [5, 5.41) is 1.12. The Bertz CT molecular complexity index is 632. The molecule has 1 aromatic carbocycles. The molecule has 3 nitrogen and oxygen atoms in total. The quantitative estimate of drug-likeness (QED) is 0.739. The first kappa shape index (κ1) is 9.54. The van der Waals surface area contributed by atoms with Crippen LogP contribution in [-0.2, 0) is 0 Å². The van der Waals surface area contributed by atoms with E-state index in [-0.39, 0.29) is 0 Å². The van der Waals surface area contributed by atoms with Crippen LogP contribution in [0.3, 0.4) is 0 Å². The number of nitrogens with zero attached hydrogens (tertiary/aromatic N) is 2. The van der Waals surface area contributed by atoms with Gasteiger partial charge < -0.3 is 4.98 Å². The molecule has 0 aliphatic carbocycles. The number of aromatic amines is 1. The van der Waals surface area contributed by atoms with Crippen molar-refractivity contribution in [1.82, 2.24) is 15.0 Å². The second kappa shape index (κ2) is 3.72. The van der Waals surface area contributed by atoms with Gasteiger partial charge in [0, 0.05) is 21.6 Å². The minimum Gasteiger partial charge on any atom is -0.345 e. The van der Waals surface area contributed by atoms with E-state index in [0.29, 0.717) is 0 Å².